The van der Waals surface area contributed by atoms with Crippen LogP contribution in [0.4, 0.5) is 0 Å². The van der Waals surface area contributed by atoms with E-state index in [1.165, 1.54) is 18.2 Å². The van der Waals surface area contributed by atoms with Crippen LogP contribution in [0.3, 0.4) is 0 Å². The first-order valence-electron chi connectivity index (χ1n) is 7.06. The number of benzene rings is 1. The van der Waals surface area contributed by atoms with Crippen LogP contribution in [0.2, 0.25) is 0 Å². The Kier molecular flexibility index (Phi) is 10.2. The van der Waals surface area contributed by atoms with Crippen molar-refractivity contribution in [2.24, 2.45) is 5.92 Å². The van der Waals surface area contributed by atoms with Crippen LogP contribution in [0.1, 0.15) is 46.0 Å². The van der Waals surface area contributed by atoms with Gasteiger partial charge < -0.3 is 9.29 Å². The number of rotatable bonds is 8. The summed E-state index contributed by atoms with van der Waals surface area (Å²) in [5, 5.41) is 0. The summed E-state index contributed by atoms with van der Waals surface area (Å²) in [5.74, 6) is -0.0681. The van der Waals surface area contributed by atoms with Gasteiger partial charge in [-0.25, -0.2) is 8.42 Å². The van der Waals surface area contributed by atoms with Gasteiger partial charge in [0.25, 0.3) is 0 Å². The van der Waals surface area contributed by atoms with Gasteiger partial charge in [-0.2, -0.15) is 0 Å². The maximum atomic E-state index is 11.7. The Labute approximate surface area is 154 Å². The Hall–Kier alpha value is -0.400. The van der Waals surface area contributed by atoms with Crippen LogP contribution in [0.15, 0.2) is 29.2 Å². The number of esters is 1. The number of ether oxygens (including phenoxy) is 1. The van der Waals surface area contributed by atoms with Crippen molar-refractivity contribution in [2.75, 3.05) is 0 Å². The van der Waals surface area contributed by atoms with E-state index in [0.717, 1.165) is 25.3 Å². The molecular weight excluding hydrogens is 315 g/mol. The van der Waals surface area contributed by atoms with E-state index >= 15 is 0 Å². The van der Waals surface area contributed by atoms with Crippen LogP contribution >= 0.6 is 0 Å². The Balaban J connectivity index is 0.00000441. The molecule has 0 spiro atoms. The molecule has 0 aromatic heterocycles. The smallest absolute Gasteiger partial charge is 0.744 e. The van der Waals surface area contributed by atoms with Crippen LogP contribution in [0.5, 0.6) is 5.75 Å². The molecule has 0 saturated carbocycles. The molecule has 0 amide bonds. The summed E-state index contributed by atoms with van der Waals surface area (Å²) in [6, 6.07) is 5.36. The Morgan fingerprint density at radius 1 is 1.18 bits per heavy atom. The first kappa shape index (κ1) is 21.6. The summed E-state index contributed by atoms with van der Waals surface area (Å²) >= 11 is 0. The minimum atomic E-state index is -4.64. The first-order valence-corrected chi connectivity index (χ1v) is 8.47. The number of para-hydroxylation sites is 1. The number of carbonyl (C=O) groups excluding carboxylic acids is 1. The molecule has 0 saturated heterocycles. The van der Waals surface area contributed by atoms with Gasteiger partial charge in [0.2, 0.25) is 0 Å². The van der Waals surface area contributed by atoms with Crippen LogP contribution in [-0.4, -0.2) is 18.9 Å². The summed E-state index contributed by atoms with van der Waals surface area (Å²) in [5.41, 5.74) is 0. The summed E-state index contributed by atoms with van der Waals surface area (Å²) in [6.07, 6.45) is 4.00. The van der Waals surface area contributed by atoms with Crippen molar-refractivity contribution in [3.63, 3.8) is 0 Å². The minimum Gasteiger partial charge on any atom is -0.744 e. The molecule has 0 heterocycles. The van der Waals surface area contributed by atoms with Gasteiger partial charge in [-0.05, 0) is 24.5 Å². The van der Waals surface area contributed by atoms with E-state index in [0.29, 0.717) is 12.3 Å². The monoisotopic (exact) mass is 336 g/mol. The largest absolute Gasteiger partial charge is 1.00 e. The average Bonchev–Trinajstić information content (AvgIpc) is 2.37. The van der Waals surface area contributed by atoms with E-state index in [1.54, 1.807) is 0 Å². The van der Waals surface area contributed by atoms with Gasteiger partial charge in [0.05, 0.1) is 4.90 Å². The Morgan fingerprint density at radius 2 is 1.82 bits per heavy atom. The van der Waals surface area contributed by atoms with Crippen molar-refractivity contribution in [1.29, 1.82) is 0 Å². The molecule has 1 rings (SSSR count). The third kappa shape index (κ3) is 8.29. The molecular formula is C15H21NaO5S. The van der Waals surface area contributed by atoms with Crippen molar-refractivity contribution in [3.8, 4) is 5.75 Å². The molecule has 1 aromatic rings. The molecule has 0 aliphatic carbocycles. The molecule has 0 unspecified atom stereocenters. The molecule has 1 aromatic carbocycles. The fourth-order valence-electron chi connectivity index (χ4n) is 1.91. The van der Waals surface area contributed by atoms with Crippen LogP contribution < -0.4 is 34.3 Å². The van der Waals surface area contributed by atoms with Gasteiger partial charge >= 0.3 is 35.5 Å². The number of unbranched alkanes of at least 4 members (excludes halogenated alkanes) is 2. The molecule has 7 heteroatoms. The van der Waals surface area contributed by atoms with Gasteiger partial charge in [-0.1, -0.05) is 45.2 Å². The minimum absolute atomic E-state index is 0. The fourth-order valence-corrected chi connectivity index (χ4v) is 2.51. The van der Waals surface area contributed by atoms with Crippen molar-refractivity contribution < 1.29 is 52.1 Å². The van der Waals surface area contributed by atoms with Gasteiger partial charge in [0.1, 0.15) is 15.9 Å². The summed E-state index contributed by atoms with van der Waals surface area (Å²) in [4.78, 5) is 11.2. The normalized spacial score (nSPS) is 11.1. The van der Waals surface area contributed by atoms with Crippen molar-refractivity contribution in [3.05, 3.63) is 24.3 Å². The van der Waals surface area contributed by atoms with E-state index < -0.39 is 21.0 Å². The second-order valence-corrected chi connectivity index (χ2v) is 6.72. The van der Waals surface area contributed by atoms with Crippen molar-refractivity contribution >= 4 is 16.1 Å². The maximum absolute atomic E-state index is 11.7. The van der Waals surface area contributed by atoms with E-state index in [9.17, 15) is 17.8 Å². The molecule has 22 heavy (non-hydrogen) atoms. The average molecular weight is 336 g/mol. The summed E-state index contributed by atoms with van der Waals surface area (Å²) < 4.78 is 38.1. The first-order chi connectivity index (χ1) is 9.80. The van der Waals surface area contributed by atoms with E-state index in [4.69, 9.17) is 4.74 Å². The summed E-state index contributed by atoms with van der Waals surface area (Å²) in [7, 11) is -4.64. The second-order valence-electron chi connectivity index (χ2n) is 5.37. The molecule has 0 N–H and O–H groups in total. The zero-order valence-electron chi connectivity index (χ0n) is 13.4. The molecule has 5 nitrogen and oxygen atoms in total. The van der Waals surface area contributed by atoms with Crippen molar-refractivity contribution in [1.82, 2.24) is 0 Å². The second kappa shape index (κ2) is 10.4. The van der Waals surface area contributed by atoms with Gasteiger partial charge in [-0.15, -0.1) is 0 Å². The van der Waals surface area contributed by atoms with Gasteiger partial charge in [-0.3, -0.25) is 4.79 Å². The topological polar surface area (TPSA) is 83.5 Å². The van der Waals surface area contributed by atoms with Crippen molar-refractivity contribution in [2.45, 2.75) is 50.8 Å². The van der Waals surface area contributed by atoms with Crippen LogP contribution in [0, 0.1) is 5.92 Å². The van der Waals surface area contributed by atoms with Gasteiger partial charge in [0.15, 0.2) is 0 Å². The molecule has 0 radical (unpaired) electrons. The molecule has 0 fully saturated rings. The molecule has 118 valence electrons. The third-order valence-corrected chi connectivity index (χ3v) is 3.88. The van der Waals surface area contributed by atoms with E-state index in [1.807, 2.05) is 0 Å². The van der Waals surface area contributed by atoms with E-state index in [2.05, 4.69) is 13.8 Å². The predicted octanol–water partition coefficient (Wildman–Crippen LogP) is 0.107. The Morgan fingerprint density at radius 3 is 2.41 bits per heavy atom. The predicted molar refractivity (Wildman–Crippen MR) is 78.0 cm³/mol. The molecule has 0 aliphatic heterocycles. The summed E-state index contributed by atoms with van der Waals surface area (Å²) in [6.45, 7) is 4.29. The number of hydrogen-bond donors (Lipinski definition) is 0. The quantitative estimate of drug-likeness (QED) is 0.221. The standard InChI is InChI=1S/C15H22O5S.Na/c1-12(2)8-4-3-5-11-15(16)20-13-9-6-7-10-14(13)21(17,18)19;/h6-7,9-10,12H,3-5,8,11H2,1-2H3,(H,17,18,19);/q;+1/p-1. The van der Waals surface area contributed by atoms with E-state index in [-0.39, 0.29) is 41.7 Å². The fraction of sp³-hybridized carbons (Fsp3) is 0.533. The van der Waals surface area contributed by atoms with Crippen LogP contribution in [0.25, 0.3) is 0 Å². The number of hydrogen-bond acceptors (Lipinski definition) is 5. The van der Waals surface area contributed by atoms with Gasteiger partial charge in [0, 0.05) is 6.42 Å². The maximum Gasteiger partial charge on any atom is 1.00 e. The SMILES string of the molecule is CC(C)CCCCCC(=O)Oc1ccccc1S(=O)(=O)[O-].[Na+]. The molecule has 0 bridgehead atoms. The zero-order valence-corrected chi connectivity index (χ0v) is 16.2. The zero-order chi connectivity index (χ0) is 15.9. The van der Waals surface area contributed by atoms with Crippen LogP contribution in [-0.2, 0) is 14.9 Å². The third-order valence-electron chi connectivity index (χ3n) is 3.00. The Bertz CT molecular complexity index is 569. The molecule has 0 atom stereocenters. The number of carbonyl (C=O) groups is 1. The molecule has 0 aliphatic rings.